The number of anilines is 1. The molecule has 26 heavy (non-hydrogen) atoms. The van der Waals surface area contributed by atoms with Crippen LogP contribution >= 0.6 is 11.3 Å². The zero-order valence-corrected chi connectivity index (χ0v) is 15.4. The van der Waals surface area contributed by atoms with Gasteiger partial charge >= 0.3 is 0 Å². The molecule has 0 aliphatic carbocycles. The number of rotatable bonds is 7. The number of carbonyl (C=O) groups is 2. The van der Waals surface area contributed by atoms with Crippen molar-refractivity contribution in [1.82, 2.24) is 10.3 Å². The summed E-state index contributed by atoms with van der Waals surface area (Å²) in [6.07, 6.45) is 2.22. The number of fused-ring (bicyclic) bond motifs is 1. The molecule has 0 atom stereocenters. The summed E-state index contributed by atoms with van der Waals surface area (Å²) in [5, 5.41) is 6.24. The maximum Gasteiger partial charge on any atom is 0.224 e. The molecule has 1 aromatic heterocycles. The van der Waals surface area contributed by atoms with E-state index < -0.39 is 0 Å². The third-order valence-electron chi connectivity index (χ3n) is 3.91. The lowest BCUT2D eigenvalue weighted by atomic mass is 10.1. The summed E-state index contributed by atoms with van der Waals surface area (Å²) in [6.45, 7) is 2.13. The monoisotopic (exact) mass is 367 g/mol. The van der Waals surface area contributed by atoms with E-state index in [9.17, 15) is 9.59 Å². The van der Waals surface area contributed by atoms with Gasteiger partial charge in [0, 0.05) is 13.5 Å². The summed E-state index contributed by atoms with van der Waals surface area (Å²) < 4.78 is 0.961. The summed E-state index contributed by atoms with van der Waals surface area (Å²) in [7, 11) is 0. The Bertz CT molecular complexity index is 906. The average Bonchev–Trinajstić information content (AvgIpc) is 3.00. The zero-order chi connectivity index (χ0) is 18.4. The average molecular weight is 367 g/mol. The lowest BCUT2D eigenvalue weighted by Gasteiger charge is -2.06. The molecule has 0 unspecified atom stereocenters. The highest BCUT2D eigenvalue weighted by Gasteiger charge is 2.08. The number of carbonyl (C=O) groups excluding carboxylic acids is 2. The van der Waals surface area contributed by atoms with Crippen LogP contribution in [-0.4, -0.2) is 23.3 Å². The van der Waals surface area contributed by atoms with Gasteiger partial charge in [0.05, 0.1) is 16.6 Å². The molecule has 3 aromatic rings. The fourth-order valence-electron chi connectivity index (χ4n) is 2.70. The Kier molecular flexibility index (Phi) is 5.96. The molecular formula is C20H21N3O2S. The number of nitrogens with zero attached hydrogens (tertiary/aromatic N) is 1. The third kappa shape index (κ3) is 5.13. The molecule has 6 heteroatoms. The van der Waals surface area contributed by atoms with Crippen molar-refractivity contribution in [3.05, 3.63) is 59.7 Å². The molecular weight excluding hydrogens is 346 g/mol. The Morgan fingerprint density at radius 1 is 1.08 bits per heavy atom. The Balaban J connectivity index is 1.49. The number of amides is 2. The highest BCUT2D eigenvalue weighted by Crippen LogP contribution is 2.26. The van der Waals surface area contributed by atoms with Gasteiger partial charge in [-0.15, -0.1) is 0 Å². The van der Waals surface area contributed by atoms with Crippen molar-refractivity contribution in [3.8, 4) is 0 Å². The van der Waals surface area contributed by atoms with E-state index in [4.69, 9.17) is 0 Å². The van der Waals surface area contributed by atoms with Gasteiger partial charge in [-0.25, -0.2) is 4.98 Å². The van der Waals surface area contributed by atoms with Crippen molar-refractivity contribution < 1.29 is 9.59 Å². The van der Waals surface area contributed by atoms with Gasteiger partial charge in [0.2, 0.25) is 11.8 Å². The number of benzene rings is 2. The first-order chi connectivity index (χ1) is 12.6. The minimum absolute atomic E-state index is 0.0176. The fourth-order valence-corrected chi connectivity index (χ4v) is 3.67. The van der Waals surface area contributed by atoms with Crippen LogP contribution in [0.1, 0.15) is 24.5 Å². The molecule has 2 amide bonds. The maximum absolute atomic E-state index is 12.1. The molecule has 5 nitrogen and oxygen atoms in total. The first kappa shape index (κ1) is 18.1. The van der Waals surface area contributed by atoms with Crippen molar-refractivity contribution in [2.24, 2.45) is 0 Å². The van der Waals surface area contributed by atoms with Crippen molar-refractivity contribution in [2.45, 2.75) is 26.2 Å². The van der Waals surface area contributed by atoms with Gasteiger partial charge in [-0.3, -0.25) is 9.59 Å². The SMILES string of the molecule is CC(=O)Nc1nc2ccc(CC(=O)NCCCc3ccccc3)cc2s1. The van der Waals surface area contributed by atoms with Crippen molar-refractivity contribution >= 4 is 38.5 Å². The Morgan fingerprint density at radius 3 is 2.65 bits per heavy atom. The predicted molar refractivity (Wildman–Crippen MR) is 105 cm³/mol. The Morgan fingerprint density at radius 2 is 1.88 bits per heavy atom. The van der Waals surface area contributed by atoms with Crippen LogP contribution in [0.25, 0.3) is 10.2 Å². The lowest BCUT2D eigenvalue weighted by Crippen LogP contribution is -2.26. The lowest BCUT2D eigenvalue weighted by molar-refractivity contribution is -0.120. The van der Waals surface area contributed by atoms with Gasteiger partial charge < -0.3 is 10.6 Å². The first-order valence-corrected chi connectivity index (χ1v) is 9.39. The highest BCUT2D eigenvalue weighted by molar-refractivity contribution is 7.22. The van der Waals surface area contributed by atoms with Gasteiger partial charge in [-0.2, -0.15) is 0 Å². The van der Waals surface area contributed by atoms with Crippen LogP contribution in [-0.2, 0) is 22.4 Å². The smallest absolute Gasteiger partial charge is 0.224 e. The second kappa shape index (κ2) is 8.58. The summed E-state index contributed by atoms with van der Waals surface area (Å²) in [4.78, 5) is 27.6. The molecule has 0 radical (unpaired) electrons. The Labute approximate surface area is 156 Å². The largest absolute Gasteiger partial charge is 0.356 e. The van der Waals surface area contributed by atoms with E-state index in [2.05, 4.69) is 27.8 Å². The zero-order valence-electron chi connectivity index (χ0n) is 14.6. The van der Waals surface area contributed by atoms with Crippen molar-refractivity contribution in [1.29, 1.82) is 0 Å². The number of aryl methyl sites for hydroxylation is 1. The quantitative estimate of drug-likeness (QED) is 0.628. The molecule has 2 N–H and O–H groups in total. The van der Waals surface area contributed by atoms with Crippen LogP contribution in [0.4, 0.5) is 5.13 Å². The van der Waals surface area contributed by atoms with Gasteiger partial charge in [0.1, 0.15) is 0 Å². The minimum atomic E-state index is -0.140. The summed E-state index contributed by atoms with van der Waals surface area (Å²) in [5.74, 6) is -0.122. The molecule has 0 spiro atoms. The summed E-state index contributed by atoms with van der Waals surface area (Å²) in [6, 6.07) is 16.0. The van der Waals surface area contributed by atoms with Crippen LogP contribution in [0.15, 0.2) is 48.5 Å². The number of hydrogen-bond donors (Lipinski definition) is 2. The molecule has 1 heterocycles. The third-order valence-corrected chi connectivity index (χ3v) is 4.84. The normalized spacial score (nSPS) is 10.7. The summed E-state index contributed by atoms with van der Waals surface area (Å²) in [5.41, 5.74) is 3.05. The van der Waals surface area contributed by atoms with Gasteiger partial charge in [0.25, 0.3) is 0 Å². The summed E-state index contributed by atoms with van der Waals surface area (Å²) >= 11 is 1.41. The second-order valence-corrected chi connectivity index (χ2v) is 7.15. The van der Waals surface area contributed by atoms with Crippen LogP contribution in [0.3, 0.4) is 0 Å². The number of thiazole rings is 1. The minimum Gasteiger partial charge on any atom is -0.356 e. The van der Waals surface area contributed by atoms with E-state index in [0.717, 1.165) is 28.6 Å². The molecule has 0 fully saturated rings. The number of hydrogen-bond acceptors (Lipinski definition) is 4. The standard InChI is InChI=1S/C20H21N3O2S/c1-14(24)22-20-23-17-10-9-16(12-18(17)26-20)13-19(25)21-11-5-8-15-6-3-2-4-7-15/h2-4,6-7,9-10,12H,5,8,11,13H2,1H3,(H,21,25)(H,22,23,24). The Hall–Kier alpha value is -2.73. The number of aromatic nitrogens is 1. The molecule has 0 aliphatic rings. The molecule has 0 bridgehead atoms. The van der Waals surface area contributed by atoms with Gasteiger partial charge in [0.15, 0.2) is 5.13 Å². The predicted octanol–water partition coefficient (Wildman–Crippen LogP) is 3.55. The molecule has 2 aromatic carbocycles. The van der Waals surface area contributed by atoms with Crippen LogP contribution in [0.2, 0.25) is 0 Å². The molecule has 134 valence electrons. The van der Waals surface area contributed by atoms with Crippen LogP contribution in [0, 0.1) is 0 Å². The molecule has 0 saturated heterocycles. The highest BCUT2D eigenvalue weighted by atomic mass is 32.1. The molecule has 0 aliphatic heterocycles. The first-order valence-electron chi connectivity index (χ1n) is 8.58. The molecule has 3 rings (SSSR count). The van der Waals surface area contributed by atoms with E-state index in [0.29, 0.717) is 18.1 Å². The van der Waals surface area contributed by atoms with Gasteiger partial charge in [-0.1, -0.05) is 47.7 Å². The van der Waals surface area contributed by atoms with E-state index in [1.807, 2.05) is 36.4 Å². The number of nitrogens with one attached hydrogen (secondary N) is 2. The van der Waals surface area contributed by atoms with Crippen molar-refractivity contribution in [2.75, 3.05) is 11.9 Å². The topological polar surface area (TPSA) is 71.1 Å². The van der Waals surface area contributed by atoms with Crippen LogP contribution in [0.5, 0.6) is 0 Å². The van der Waals surface area contributed by atoms with Gasteiger partial charge in [-0.05, 0) is 36.1 Å². The fraction of sp³-hybridized carbons (Fsp3) is 0.250. The van der Waals surface area contributed by atoms with E-state index in [1.165, 1.54) is 23.8 Å². The maximum atomic E-state index is 12.1. The van der Waals surface area contributed by atoms with E-state index in [1.54, 1.807) is 0 Å². The van der Waals surface area contributed by atoms with Crippen molar-refractivity contribution in [3.63, 3.8) is 0 Å². The van der Waals surface area contributed by atoms with Crippen LogP contribution < -0.4 is 10.6 Å². The van der Waals surface area contributed by atoms with E-state index in [-0.39, 0.29) is 11.8 Å². The molecule has 0 saturated carbocycles. The second-order valence-electron chi connectivity index (χ2n) is 6.12. The van der Waals surface area contributed by atoms with E-state index >= 15 is 0 Å².